The molecule has 12 heteroatoms. The lowest BCUT2D eigenvalue weighted by molar-refractivity contribution is 0.415. The highest BCUT2D eigenvalue weighted by Gasteiger charge is 2.12. The number of halogens is 1. The maximum Gasteiger partial charge on any atom is 0.273 e. The molecular weight excluding hydrogens is 438 g/mol. The van der Waals surface area contributed by atoms with Gasteiger partial charge >= 0.3 is 0 Å². The third kappa shape index (κ3) is 6.26. The number of hydrogen-bond donors (Lipinski definition) is 3. The molecule has 3 aromatic rings. The predicted molar refractivity (Wildman–Crippen MR) is 120 cm³/mol. The molecule has 3 aromatic carbocycles. The molecule has 0 aliphatic rings. The van der Waals surface area contributed by atoms with Crippen LogP contribution in [0.5, 0.6) is 5.75 Å². The Bertz CT molecular complexity index is 1220. The molecule has 6 N–H and O–H groups in total. The van der Waals surface area contributed by atoms with Gasteiger partial charge in [-0.1, -0.05) is 0 Å². The van der Waals surface area contributed by atoms with Crippen molar-refractivity contribution in [3.8, 4) is 5.75 Å². The number of nitrogens with two attached hydrogens (primary N) is 1. The van der Waals surface area contributed by atoms with Crippen LogP contribution in [0, 0.1) is 0 Å². The monoisotopic (exact) mass is 459 g/mol. The molecule has 0 unspecified atom stereocenters. The quantitative estimate of drug-likeness (QED) is 0.274. The normalized spacial score (nSPS) is 10.1. The number of benzene rings is 2. The summed E-state index contributed by atoms with van der Waals surface area (Å²) in [6.45, 7) is 1.58. The SMILES string of the molecule is CCS(=O)(=O)Nc1ccc(NN)cc1.COc1ccc2c(=O)c(=O)c(=O)c2c1.Cl.O. The number of sulfonamides is 1. The van der Waals surface area contributed by atoms with Crippen molar-refractivity contribution in [3.63, 3.8) is 0 Å². The Hall–Kier alpha value is -2.99. The minimum absolute atomic E-state index is 0. The summed E-state index contributed by atoms with van der Waals surface area (Å²) < 4.78 is 29.6. The van der Waals surface area contributed by atoms with Gasteiger partial charge in [0.05, 0.1) is 12.9 Å². The molecule has 0 aliphatic heterocycles. The van der Waals surface area contributed by atoms with E-state index in [1.54, 1.807) is 37.3 Å². The van der Waals surface area contributed by atoms with E-state index in [0.717, 1.165) is 5.69 Å². The molecule has 0 bridgehead atoms. The van der Waals surface area contributed by atoms with Crippen LogP contribution in [-0.2, 0) is 10.0 Å². The van der Waals surface area contributed by atoms with Crippen LogP contribution in [-0.4, -0.2) is 26.8 Å². The maximum absolute atomic E-state index is 11.2. The first-order chi connectivity index (χ1) is 13.2. The zero-order chi connectivity index (χ0) is 20.9. The molecule has 3 rings (SSSR count). The van der Waals surface area contributed by atoms with Gasteiger partial charge in [-0.2, -0.15) is 0 Å². The first kappa shape index (κ1) is 27.0. The highest BCUT2D eigenvalue weighted by atomic mass is 35.5. The fraction of sp³-hybridized carbons (Fsp3) is 0.167. The van der Waals surface area contributed by atoms with Crippen molar-refractivity contribution in [2.45, 2.75) is 6.92 Å². The third-order valence-corrected chi connectivity index (χ3v) is 5.14. The van der Waals surface area contributed by atoms with E-state index in [9.17, 15) is 22.8 Å². The molecule has 0 fully saturated rings. The second-order valence-corrected chi connectivity index (χ2v) is 7.64. The van der Waals surface area contributed by atoms with Gasteiger partial charge in [-0.05, 0) is 49.4 Å². The summed E-state index contributed by atoms with van der Waals surface area (Å²) in [7, 11) is -1.74. The number of rotatable bonds is 5. The van der Waals surface area contributed by atoms with Gasteiger partial charge in [0.15, 0.2) is 0 Å². The third-order valence-electron chi connectivity index (χ3n) is 3.83. The largest absolute Gasteiger partial charge is 0.497 e. The standard InChI is InChI=1S/C10H6O4.C8H13N3O2S.ClH.H2O/c1-14-5-2-3-6-7(4-5)9(12)10(13)8(6)11;1-2-14(12,13)11-8-5-3-7(10-9)4-6-8;;/h2-4H,1H3;3-6,10-11H,2,9H2,1H3;1H;1H2. The molecule has 0 radical (unpaired) electrons. The first-order valence-corrected chi connectivity index (χ1v) is 9.76. The van der Waals surface area contributed by atoms with E-state index < -0.39 is 26.3 Å². The van der Waals surface area contributed by atoms with Gasteiger partial charge in [-0.15, -0.1) is 12.4 Å². The van der Waals surface area contributed by atoms with Crippen LogP contribution in [0.2, 0.25) is 0 Å². The Morgan fingerprint density at radius 2 is 1.43 bits per heavy atom. The average molecular weight is 460 g/mol. The molecule has 164 valence electrons. The van der Waals surface area contributed by atoms with Crippen molar-refractivity contribution in [2.24, 2.45) is 5.84 Å². The van der Waals surface area contributed by atoms with Gasteiger partial charge in [-0.3, -0.25) is 24.9 Å². The van der Waals surface area contributed by atoms with Crippen molar-refractivity contribution in [3.05, 3.63) is 73.1 Å². The lowest BCUT2D eigenvalue weighted by atomic mass is 10.2. The summed E-state index contributed by atoms with van der Waals surface area (Å²) in [6.07, 6.45) is 0. The van der Waals surface area contributed by atoms with Crippen molar-refractivity contribution in [1.82, 2.24) is 0 Å². The fourth-order valence-corrected chi connectivity index (χ4v) is 2.91. The highest BCUT2D eigenvalue weighted by Crippen LogP contribution is 2.15. The number of ether oxygens (including phenoxy) is 1. The number of hydrazine groups is 1. The second kappa shape index (κ2) is 11.3. The number of hydrogen-bond acceptors (Lipinski definition) is 8. The average Bonchev–Trinajstić information content (AvgIpc) is 2.92. The summed E-state index contributed by atoms with van der Waals surface area (Å²) >= 11 is 0. The highest BCUT2D eigenvalue weighted by molar-refractivity contribution is 7.92. The van der Waals surface area contributed by atoms with Crippen molar-refractivity contribution < 1.29 is 18.6 Å². The Balaban J connectivity index is 0.000000526. The molecule has 0 aromatic heterocycles. The Morgan fingerprint density at radius 1 is 0.900 bits per heavy atom. The maximum atomic E-state index is 11.2. The molecule has 30 heavy (non-hydrogen) atoms. The minimum Gasteiger partial charge on any atom is -0.497 e. The number of nitrogens with one attached hydrogen (secondary N) is 2. The van der Waals surface area contributed by atoms with E-state index >= 15 is 0 Å². The van der Waals surface area contributed by atoms with Crippen LogP contribution >= 0.6 is 12.4 Å². The molecule has 0 atom stereocenters. The van der Waals surface area contributed by atoms with Crippen LogP contribution in [0.25, 0.3) is 10.8 Å². The number of fused-ring (bicyclic) bond motifs is 1. The Labute approximate surface area is 178 Å². The lowest BCUT2D eigenvalue weighted by Crippen LogP contribution is -2.29. The number of nitrogen functional groups attached to an aromatic ring is 1. The molecule has 10 nitrogen and oxygen atoms in total. The molecule has 0 aliphatic carbocycles. The van der Waals surface area contributed by atoms with Gasteiger partial charge < -0.3 is 15.6 Å². The fourth-order valence-electron chi connectivity index (χ4n) is 2.27. The van der Waals surface area contributed by atoms with Gasteiger partial charge in [0.25, 0.3) is 5.43 Å². The minimum atomic E-state index is -3.19. The molecular formula is C18H22ClN3O7S. The molecule has 0 saturated heterocycles. The van der Waals surface area contributed by atoms with Crippen LogP contribution in [0.15, 0.2) is 56.8 Å². The molecule has 0 spiro atoms. The summed E-state index contributed by atoms with van der Waals surface area (Å²) in [4.78, 5) is 33.5. The smallest absolute Gasteiger partial charge is 0.273 e. The lowest BCUT2D eigenvalue weighted by Gasteiger charge is -2.06. The molecule has 0 amide bonds. The zero-order valence-electron chi connectivity index (χ0n) is 16.1. The summed E-state index contributed by atoms with van der Waals surface area (Å²) in [5.41, 5.74) is 1.27. The van der Waals surface area contributed by atoms with Gasteiger partial charge in [0, 0.05) is 22.1 Å². The van der Waals surface area contributed by atoms with Crippen molar-refractivity contribution in [2.75, 3.05) is 23.0 Å². The molecule has 0 saturated carbocycles. The van der Waals surface area contributed by atoms with E-state index in [1.807, 2.05) is 0 Å². The van der Waals surface area contributed by atoms with E-state index in [2.05, 4.69) is 10.1 Å². The van der Waals surface area contributed by atoms with Crippen LogP contribution < -0.4 is 37.0 Å². The van der Waals surface area contributed by atoms with Crippen LogP contribution in [0.4, 0.5) is 11.4 Å². The summed E-state index contributed by atoms with van der Waals surface area (Å²) in [6, 6.07) is 11.0. The van der Waals surface area contributed by atoms with Gasteiger partial charge in [0.2, 0.25) is 20.9 Å². The van der Waals surface area contributed by atoms with Crippen LogP contribution in [0.1, 0.15) is 6.92 Å². The van der Waals surface area contributed by atoms with E-state index in [1.165, 1.54) is 19.2 Å². The first-order valence-electron chi connectivity index (χ1n) is 8.11. The topological polar surface area (TPSA) is 176 Å². The Morgan fingerprint density at radius 3 is 1.93 bits per heavy atom. The zero-order valence-corrected chi connectivity index (χ0v) is 17.7. The van der Waals surface area contributed by atoms with Gasteiger partial charge in [-0.25, -0.2) is 8.42 Å². The van der Waals surface area contributed by atoms with Crippen molar-refractivity contribution >= 4 is 44.6 Å². The van der Waals surface area contributed by atoms with Gasteiger partial charge in [0.1, 0.15) is 5.75 Å². The van der Waals surface area contributed by atoms with E-state index in [-0.39, 0.29) is 34.4 Å². The van der Waals surface area contributed by atoms with E-state index in [0.29, 0.717) is 11.4 Å². The van der Waals surface area contributed by atoms with Crippen LogP contribution in [0.3, 0.4) is 0 Å². The van der Waals surface area contributed by atoms with E-state index in [4.69, 9.17) is 10.6 Å². The Kier molecular flexibility index (Phi) is 10.1. The summed E-state index contributed by atoms with van der Waals surface area (Å²) in [5.74, 6) is 5.68. The molecule has 0 heterocycles. The summed E-state index contributed by atoms with van der Waals surface area (Å²) in [5, 5.41) is 0.306. The number of methoxy groups -OCH3 is 1. The number of anilines is 2. The predicted octanol–water partition coefficient (Wildman–Crippen LogP) is 0.136. The van der Waals surface area contributed by atoms with Crippen molar-refractivity contribution in [1.29, 1.82) is 0 Å². The second-order valence-electron chi connectivity index (χ2n) is 5.63.